The van der Waals surface area contributed by atoms with Gasteiger partial charge in [0.2, 0.25) is 0 Å². The monoisotopic (exact) mass is 375 g/mol. The van der Waals surface area contributed by atoms with Gasteiger partial charge in [0.05, 0.1) is 24.9 Å². The lowest BCUT2D eigenvalue weighted by atomic mass is 10.0. The molecule has 0 aliphatic carbocycles. The highest BCUT2D eigenvalue weighted by Gasteiger charge is 2.02. The maximum atomic E-state index is 10.9. The fraction of sp³-hybridized carbons (Fsp3) is 0.250. The Morgan fingerprint density at radius 2 is 1.64 bits per heavy atom. The van der Waals surface area contributed by atoms with Crippen LogP contribution in [-0.2, 0) is 9.53 Å². The van der Waals surface area contributed by atoms with Gasteiger partial charge >= 0.3 is 5.97 Å². The molecule has 0 N–H and O–H groups in total. The van der Waals surface area contributed by atoms with E-state index in [-0.39, 0.29) is 5.97 Å². The third kappa shape index (κ3) is 7.51. The van der Waals surface area contributed by atoms with E-state index in [9.17, 15) is 10.1 Å². The second-order valence-corrected chi connectivity index (χ2v) is 6.24. The average Bonchev–Trinajstić information content (AvgIpc) is 2.75. The second-order valence-electron chi connectivity index (χ2n) is 6.24. The van der Waals surface area contributed by atoms with Crippen LogP contribution in [0.15, 0.2) is 67.3 Å². The zero-order valence-electron chi connectivity index (χ0n) is 16.0. The van der Waals surface area contributed by atoms with Gasteiger partial charge in [0, 0.05) is 6.08 Å². The molecule has 0 aliphatic rings. The summed E-state index contributed by atoms with van der Waals surface area (Å²) in [7, 11) is 0. The summed E-state index contributed by atoms with van der Waals surface area (Å²) in [6, 6.07) is 19.6. The van der Waals surface area contributed by atoms with Gasteiger partial charge in [0.1, 0.15) is 5.75 Å². The minimum atomic E-state index is -0.370. The predicted octanol–water partition coefficient (Wildman–Crippen LogP) is 5.42. The molecule has 144 valence electrons. The van der Waals surface area contributed by atoms with Crippen LogP contribution >= 0.6 is 0 Å². The molecular formula is C24H25NO3. The third-order valence-electron chi connectivity index (χ3n) is 4.11. The first-order chi connectivity index (χ1) is 13.7. The molecular weight excluding hydrogens is 350 g/mol. The molecule has 0 bridgehead atoms. The standard InChI is InChI=1S/C24H25NO3/c1-2-24(26)28-17-9-4-3-8-16-27-23-14-12-21(13-15-23)22(19-25)18-20-10-6-5-7-11-20/h2,5-7,10-15,18H,1,3-4,8-9,16-17H2. The summed E-state index contributed by atoms with van der Waals surface area (Å²) in [6.07, 6.45) is 6.84. The van der Waals surface area contributed by atoms with Crippen molar-refractivity contribution in [2.75, 3.05) is 13.2 Å². The lowest BCUT2D eigenvalue weighted by molar-refractivity contribution is -0.137. The Morgan fingerprint density at radius 3 is 2.29 bits per heavy atom. The SMILES string of the molecule is C=CC(=O)OCCCCCCOc1ccc(C(C#N)=Cc2ccccc2)cc1. The molecule has 0 heterocycles. The number of carbonyl (C=O) groups is 1. The van der Waals surface area contributed by atoms with Crippen molar-refractivity contribution in [3.8, 4) is 11.8 Å². The van der Waals surface area contributed by atoms with E-state index >= 15 is 0 Å². The highest BCUT2D eigenvalue weighted by molar-refractivity contribution is 5.89. The van der Waals surface area contributed by atoms with Crippen molar-refractivity contribution < 1.29 is 14.3 Å². The Labute approximate surface area is 166 Å². The Morgan fingerprint density at radius 1 is 0.964 bits per heavy atom. The van der Waals surface area contributed by atoms with E-state index in [1.165, 1.54) is 6.08 Å². The molecule has 0 aromatic heterocycles. The minimum absolute atomic E-state index is 0.370. The third-order valence-corrected chi connectivity index (χ3v) is 4.11. The largest absolute Gasteiger partial charge is 0.494 e. The number of ether oxygens (including phenoxy) is 2. The van der Waals surface area contributed by atoms with E-state index in [0.717, 1.165) is 42.6 Å². The fourth-order valence-corrected chi connectivity index (χ4v) is 2.61. The fourth-order valence-electron chi connectivity index (χ4n) is 2.61. The number of unbranched alkanes of at least 4 members (excludes halogenated alkanes) is 3. The van der Waals surface area contributed by atoms with Gasteiger partial charge < -0.3 is 9.47 Å². The van der Waals surface area contributed by atoms with Gasteiger partial charge in [0.25, 0.3) is 0 Å². The highest BCUT2D eigenvalue weighted by Crippen LogP contribution is 2.21. The Balaban J connectivity index is 1.72. The number of esters is 1. The Bertz CT molecular complexity index is 817. The van der Waals surface area contributed by atoms with E-state index in [0.29, 0.717) is 18.8 Å². The van der Waals surface area contributed by atoms with Crippen molar-refractivity contribution in [3.63, 3.8) is 0 Å². The van der Waals surface area contributed by atoms with Crippen molar-refractivity contribution in [1.29, 1.82) is 5.26 Å². The number of carbonyl (C=O) groups excluding carboxylic acids is 1. The Kier molecular flexibility index (Phi) is 9.10. The molecule has 0 radical (unpaired) electrons. The van der Waals surface area contributed by atoms with Gasteiger partial charge in [-0.3, -0.25) is 0 Å². The number of nitriles is 1. The minimum Gasteiger partial charge on any atom is -0.494 e. The highest BCUT2D eigenvalue weighted by atomic mass is 16.5. The van der Waals surface area contributed by atoms with Crippen LogP contribution in [0.1, 0.15) is 36.8 Å². The van der Waals surface area contributed by atoms with E-state index in [2.05, 4.69) is 12.6 Å². The zero-order chi connectivity index (χ0) is 20.0. The first kappa shape index (κ1) is 21.0. The summed E-state index contributed by atoms with van der Waals surface area (Å²) >= 11 is 0. The quantitative estimate of drug-likeness (QED) is 0.173. The van der Waals surface area contributed by atoms with E-state index in [4.69, 9.17) is 9.47 Å². The van der Waals surface area contributed by atoms with Crippen molar-refractivity contribution in [3.05, 3.63) is 78.4 Å². The average molecular weight is 375 g/mol. The molecule has 4 nitrogen and oxygen atoms in total. The van der Waals surface area contributed by atoms with Crippen LogP contribution in [0.2, 0.25) is 0 Å². The summed E-state index contributed by atoms with van der Waals surface area (Å²) in [5.74, 6) is 0.422. The van der Waals surface area contributed by atoms with Gasteiger partial charge in [0.15, 0.2) is 0 Å². The van der Waals surface area contributed by atoms with Crippen LogP contribution in [0, 0.1) is 11.3 Å². The number of benzene rings is 2. The van der Waals surface area contributed by atoms with Crippen LogP contribution < -0.4 is 4.74 Å². The molecule has 0 atom stereocenters. The maximum absolute atomic E-state index is 10.9. The number of hydrogen-bond donors (Lipinski definition) is 0. The van der Waals surface area contributed by atoms with E-state index < -0.39 is 0 Å². The molecule has 28 heavy (non-hydrogen) atoms. The molecule has 2 aromatic carbocycles. The lowest BCUT2D eigenvalue weighted by Crippen LogP contribution is -2.02. The van der Waals surface area contributed by atoms with Crippen molar-refractivity contribution in [2.45, 2.75) is 25.7 Å². The maximum Gasteiger partial charge on any atom is 0.330 e. The second kappa shape index (κ2) is 12.1. The topological polar surface area (TPSA) is 59.3 Å². The molecule has 0 amide bonds. The molecule has 2 aromatic rings. The summed E-state index contributed by atoms with van der Waals surface area (Å²) in [4.78, 5) is 10.9. The number of allylic oxidation sites excluding steroid dienone is 1. The summed E-state index contributed by atoms with van der Waals surface area (Å²) in [6.45, 7) is 4.43. The molecule has 0 spiro atoms. The molecule has 0 unspecified atom stereocenters. The number of hydrogen-bond acceptors (Lipinski definition) is 4. The van der Waals surface area contributed by atoms with Crippen LogP contribution in [-0.4, -0.2) is 19.2 Å². The molecule has 4 heteroatoms. The molecule has 0 saturated carbocycles. The van der Waals surface area contributed by atoms with Crippen LogP contribution in [0.25, 0.3) is 11.6 Å². The van der Waals surface area contributed by atoms with Crippen LogP contribution in [0.5, 0.6) is 5.75 Å². The zero-order valence-corrected chi connectivity index (χ0v) is 16.0. The summed E-state index contributed by atoms with van der Waals surface area (Å²) < 4.78 is 10.7. The summed E-state index contributed by atoms with van der Waals surface area (Å²) in [5.41, 5.74) is 2.49. The predicted molar refractivity (Wildman–Crippen MR) is 111 cm³/mol. The van der Waals surface area contributed by atoms with Crippen molar-refractivity contribution >= 4 is 17.6 Å². The van der Waals surface area contributed by atoms with Gasteiger partial charge in [-0.05, 0) is 67.2 Å². The van der Waals surface area contributed by atoms with Gasteiger partial charge in [-0.25, -0.2) is 4.79 Å². The van der Waals surface area contributed by atoms with Crippen molar-refractivity contribution in [1.82, 2.24) is 0 Å². The van der Waals surface area contributed by atoms with E-state index in [1.807, 2.05) is 60.7 Å². The smallest absolute Gasteiger partial charge is 0.330 e. The lowest BCUT2D eigenvalue weighted by Gasteiger charge is -2.07. The van der Waals surface area contributed by atoms with E-state index in [1.54, 1.807) is 0 Å². The Hall–Kier alpha value is -3.32. The van der Waals surface area contributed by atoms with Crippen molar-refractivity contribution in [2.24, 2.45) is 0 Å². The molecule has 2 rings (SSSR count). The molecule has 0 saturated heterocycles. The first-order valence-corrected chi connectivity index (χ1v) is 9.42. The first-order valence-electron chi connectivity index (χ1n) is 9.42. The molecule has 0 fully saturated rings. The normalized spacial score (nSPS) is 10.8. The number of nitrogens with zero attached hydrogens (tertiary/aromatic N) is 1. The molecule has 0 aliphatic heterocycles. The summed E-state index contributed by atoms with van der Waals surface area (Å²) in [5, 5.41) is 9.43. The van der Waals surface area contributed by atoms with Gasteiger partial charge in [-0.1, -0.05) is 36.9 Å². The van der Waals surface area contributed by atoms with Gasteiger partial charge in [-0.15, -0.1) is 0 Å². The van der Waals surface area contributed by atoms with Crippen LogP contribution in [0.4, 0.5) is 0 Å². The van der Waals surface area contributed by atoms with Crippen LogP contribution in [0.3, 0.4) is 0 Å². The van der Waals surface area contributed by atoms with Gasteiger partial charge in [-0.2, -0.15) is 5.26 Å². The number of rotatable bonds is 11.